The molecule has 0 N–H and O–H groups in total. The summed E-state index contributed by atoms with van der Waals surface area (Å²) in [6, 6.07) is 12.9. The van der Waals surface area contributed by atoms with Gasteiger partial charge in [-0.3, -0.25) is 0 Å². The smallest absolute Gasteiger partial charge is 0.178 e. The van der Waals surface area contributed by atoms with Gasteiger partial charge < -0.3 is 0 Å². The van der Waals surface area contributed by atoms with Gasteiger partial charge >= 0.3 is 0 Å². The van der Waals surface area contributed by atoms with E-state index in [9.17, 15) is 8.42 Å². The van der Waals surface area contributed by atoms with Crippen LogP contribution in [-0.2, 0) is 9.84 Å². The number of fused-ring (bicyclic) bond motifs is 1. The highest BCUT2D eigenvalue weighted by Gasteiger charge is 2.13. The van der Waals surface area contributed by atoms with Gasteiger partial charge in [-0.05, 0) is 29.3 Å². The van der Waals surface area contributed by atoms with E-state index >= 15 is 0 Å². The molecule has 4 heteroatoms. The van der Waals surface area contributed by atoms with E-state index < -0.39 is 9.84 Å². The molecule has 2 nitrogen and oxygen atoms in total. The Balaban J connectivity index is 2.42. The molecule has 0 aliphatic heterocycles. The minimum Gasteiger partial charge on any atom is -0.224 e. The van der Waals surface area contributed by atoms with Gasteiger partial charge in [0.15, 0.2) is 9.84 Å². The second kappa shape index (κ2) is 5.07. The summed E-state index contributed by atoms with van der Waals surface area (Å²) in [4.78, 5) is 0.376. The van der Waals surface area contributed by atoms with Gasteiger partial charge in [0, 0.05) is 5.88 Å². The second-order valence-corrected chi connectivity index (χ2v) is 6.36. The molecule has 0 heterocycles. The van der Waals surface area contributed by atoms with Gasteiger partial charge in [0.1, 0.15) is 0 Å². The highest BCUT2D eigenvalue weighted by Crippen LogP contribution is 2.20. The van der Waals surface area contributed by atoms with Crippen LogP contribution in [0.2, 0.25) is 0 Å². The zero-order valence-electron chi connectivity index (χ0n) is 9.27. The van der Waals surface area contributed by atoms with Gasteiger partial charge in [-0.2, -0.15) is 0 Å². The molecule has 0 unspecified atom stereocenters. The Labute approximate surface area is 106 Å². The molecule has 2 rings (SSSR count). The monoisotopic (exact) mass is 268 g/mol. The van der Waals surface area contributed by atoms with E-state index in [0.717, 1.165) is 10.8 Å². The van der Waals surface area contributed by atoms with Gasteiger partial charge in [0.25, 0.3) is 0 Å². The van der Waals surface area contributed by atoms with Crippen molar-refractivity contribution in [3.63, 3.8) is 0 Å². The molecule has 0 saturated heterocycles. The van der Waals surface area contributed by atoms with Crippen molar-refractivity contribution in [3.8, 4) is 0 Å². The molecule has 0 aliphatic carbocycles. The summed E-state index contributed by atoms with van der Waals surface area (Å²) in [6.45, 7) is 0. The van der Waals surface area contributed by atoms with Gasteiger partial charge in [-0.25, -0.2) is 8.42 Å². The predicted molar refractivity (Wildman–Crippen MR) is 71.3 cm³/mol. The lowest BCUT2D eigenvalue weighted by atomic mass is 10.1. The first-order valence-electron chi connectivity index (χ1n) is 5.41. The van der Waals surface area contributed by atoms with Gasteiger partial charge in [-0.1, -0.05) is 30.3 Å². The first-order chi connectivity index (χ1) is 8.13. The lowest BCUT2D eigenvalue weighted by Crippen LogP contribution is -2.07. The second-order valence-electron chi connectivity index (χ2n) is 3.87. The lowest BCUT2D eigenvalue weighted by molar-refractivity contribution is 0.595. The van der Waals surface area contributed by atoms with Crippen LogP contribution in [-0.4, -0.2) is 20.1 Å². The number of halogens is 1. The Hall–Kier alpha value is -1.06. The quantitative estimate of drug-likeness (QED) is 0.798. The largest absolute Gasteiger partial charge is 0.224 e. The fourth-order valence-electron chi connectivity index (χ4n) is 1.72. The van der Waals surface area contributed by atoms with Crippen LogP contribution in [0, 0.1) is 0 Å². The fraction of sp³-hybridized carbons (Fsp3) is 0.231. The summed E-state index contributed by atoms with van der Waals surface area (Å²) in [5, 5.41) is 1.99. The molecule has 0 fully saturated rings. The maximum Gasteiger partial charge on any atom is 0.178 e. The van der Waals surface area contributed by atoms with E-state index in [2.05, 4.69) is 0 Å². The van der Waals surface area contributed by atoms with Crippen LogP contribution in [0.5, 0.6) is 0 Å². The highest BCUT2D eigenvalue weighted by atomic mass is 35.5. The summed E-state index contributed by atoms with van der Waals surface area (Å²) in [5.41, 5.74) is 0. The van der Waals surface area contributed by atoms with Crippen molar-refractivity contribution in [2.24, 2.45) is 0 Å². The Kier molecular flexibility index (Phi) is 3.69. The van der Waals surface area contributed by atoms with Crippen molar-refractivity contribution in [3.05, 3.63) is 42.5 Å². The minimum absolute atomic E-state index is 0.106. The molecule has 0 atom stereocenters. The van der Waals surface area contributed by atoms with E-state index in [0.29, 0.717) is 17.2 Å². The third kappa shape index (κ3) is 2.79. The molecule has 17 heavy (non-hydrogen) atoms. The molecule has 0 saturated carbocycles. The van der Waals surface area contributed by atoms with Crippen LogP contribution in [0.15, 0.2) is 47.4 Å². The summed E-state index contributed by atoms with van der Waals surface area (Å²) < 4.78 is 24.0. The maximum absolute atomic E-state index is 12.0. The molecule has 0 aliphatic rings. The van der Waals surface area contributed by atoms with Crippen LogP contribution >= 0.6 is 11.6 Å². The number of sulfone groups is 1. The Morgan fingerprint density at radius 2 is 1.71 bits per heavy atom. The molecule has 0 bridgehead atoms. The van der Waals surface area contributed by atoms with Crippen LogP contribution in [0.25, 0.3) is 10.8 Å². The van der Waals surface area contributed by atoms with Crippen molar-refractivity contribution in [1.82, 2.24) is 0 Å². The maximum atomic E-state index is 12.0. The Morgan fingerprint density at radius 1 is 1.00 bits per heavy atom. The predicted octanol–water partition coefficient (Wildman–Crippen LogP) is 3.24. The summed E-state index contributed by atoms with van der Waals surface area (Å²) >= 11 is 5.53. The molecular weight excluding hydrogens is 256 g/mol. The topological polar surface area (TPSA) is 34.1 Å². The number of benzene rings is 2. The third-order valence-corrected chi connectivity index (χ3v) is 4.69. The molecule has 2 aromatic rings. The van der Waals surface area contributed by atoms with Gasteiger partial charge in [0.05, 0.1) is 10.6 Å². The van der Waals surface area contributed by atoms with Crippen molar-refractivity contribution >= 4 is 32.2 Å². The molecule has 0 aromatic heterocycles. The molecule has 0 amide bonds. The van der Waals surface area contributed by atoms with Crippen LogP contribution in [0.3, 0.4) is 0 Å². The summed E-state index contributed by atoms with van der Waals surface area (Å²) in [5.74, 6) is 0.474. The molecule has 0 radical (unpaired) electrons. The average Bonchev–Trinajstić information content (AvgIpc) is 2.36. The number of alkyl halides is 1. The highest BCUT2D eigenvalue weighted by molar-refractivity contribution is 7.91. The molecular formula is C13H13ClO2S. The summed E-state index contributed by atoms with van der Waals surface area (Å²) in [7, 11) is -3.20. The Morgan fingerprint density at radius 3 is 2.41 bits per heavy atom. The van der Waals surface area contributed by atoms with Crippen molar-refractivity contribution in [2.45, 2.75) is 11.3 Å². The van der Waals surface area contributed by atoms with Crippen LogP contribution in [0.4, 0.5) is 0 Å². The zero-order chi connectivity index (χ0) is 12.3. The lowest BCUT2D eigenvalue weighted by Gasteiger charge is -2.05. The summed E-state index contributed by atoms with van der Waals surface area (Å²) in [6.07, 6.45) is 0.483. The zero-order valence-corrected chi connectivity index (χ0v) is 10.8. The van der Waals surface area contributed by atoms with E-state index in [1.807, 2.05) is 30.3 Å². The number of hydrogen-bond acceptors (Lipinski definition) is 2. The normalized spacial score (nSPS) is 11.8. The van der Waals surface area contributed by atoms with Gasteiger partial charge in [-0.15, -0.1) is 11.6 Å². The fourth-order valence-corrected chi connectivity index (χ4v) is 3.36. The van der Waals surface area contributed by atoms with Crippen LogP contribution < -0.4 is 0 Å². The van der Waals surface area contributed by atoms with E-state index in [1.54, 1.807) is 12.1 Å². The molecule has 2 aromatic carbocycles. The van der Waals surface area contributed by atoms with Crippen molar-refractivity contribution in [2.75, 3.05) is 11.6 Å². The standard InChI is InChI=1S/C13H13ClO2S/c14-8-3-9-17(15,16)13-7-6-11-4-1-2-5-12(11)10-13/h1-2,4-7,10H,3,8-9H2. The minimum atomic E-state index is -3.20. The van der Waals surface area contributed by atoms with Crippen molar-refractivity contribution < 1.29 is 8.42 Å². The average molecular weight is 269 g/mol. The van der Waals surface area contributed by atoms with E-state index in [-0.39, 0.29) is 5.75 Å². The molecule has 0 spiro atoms. The third-order valence-electron chi connectivity index (χ3n) is 2.63. The number of hydrogen-bond donors (Lipinski definition) is 0. The first kappa shape index (κ1) is 12.4. The number of rotatable bonds is 4. The SMILES string of the molecule is O=S(=O)(CCCCl)c1ccc2ccccc2c1. The van der Waals surface area contributed by atoms with E-state index in [4.69, 9.17) is 11.6 Å². The van der Waals surface area contributed by atoms with Crippen molar-refractivity contribution in [1.29, 1.82) is 0 Å². The Bertz CT molecular complexity index is 620. The molecule has 90 valence electrons. The first-order valence-corrected chi connectivity index (χ1v) is 7.60. The van der Waals surface area contributed by atoms with E-state index in [1.165, 1.54) is 0 Å². The van der Waals surface area contributed by atoms with Crippen LogP contribution in [0.1, 0.15) is 6.42 Å². The van der Waals surface area contributed by atoms with Gasteiger partial charge in [0.2, 0.25) is 0 Å².